The van der Waals surface area contributed by atoms with E-state index in [-0.39, 0.29) is 18.8 Å². The summed E-state index contributed by atoms with van der Waals surface area (Å²) < 4.78 is 18.6. The number of anilines is 2. The van der Waals surface area contributed by atoms with E-state index in [1.807, 2.05) is 0 Å². The Hall–Kier alpha value is -2.22. The van der Waals surface area contributed by atoms with Gasteiger partial charge in [-0.3, -0.25) is 0 Å². The maximum absolute atomic E-state index is 13.3. The number of terminal acetylenes is 1. The van der Waals surface area contributed by atoms with Crippen LogP contribution in [0.2, 0.25) is 0 Å². The van der Waals surface area contributed by atoms with Crippen LogP contribution < -0.4 is 15.4 Å². The molecule has 0 aliphatic carbocycles. The largest absolute Gasteiger partial charge is 0.489 e. The maximum Gasteiger partial charge on any atom is 0.149 e. The highest BCUT2D eigenvalue weighted by Crippen LogP contribution is 2.36. The SMILES string of the molecule is C#CCN1c2cc(N)c(F)cc2OCC1C=O. The van der Waals surface area contributed by atoms with Gasteiger partial charge < -0.3 is 20.2 Å². The highest BCUT2D eigenvalue weighted by atomic mass is 19.1. The van der Waals surface area contributed by atoms with Crippen LogP contribution in [0.4, 0.5) is 15.8 Å². The summed E-state index contributed by atoms with van der Waals surface area (Å²) in [4.78, 5) is 12.6. The zero-order valence-corrected chi connectivity index (χ0v) is 9.02. The number of carbonyl (C=O) groups is 1. The van der Waals surface area contributed by atoms with Crippen LogP contribution in [0.3, 0.4) is 0 Å². The van der Waals surface area contributed by atoms with Crippen molar-refractivity contribution >= 4 is 17.7 Å². The Kier molecular flexibility index (Phi) is 2.88. The molecule has 0 saturated heterocycles. The molecule has 1 atom stereocenters. The summed E-state index contributed by atoms with van der Waals surface area (Å²) in [5.41, 5.74) is 6.04. The summed E-state index contributed by atoms with van der Waals surface area (Å²) in [5.74, 6) is 2.26. The molecular weight excluding hydrogens is 223 g/mol. The van der Waals surface area contributed by atoms with Gasteiger partial charge in [-0.15, -0.1) is 6.42 Å². The molecule has 2 rings (SSSR count). The monoisotopic (exact) mass is 234 g/mol. The van der Waals surface area contributed by atoms with Crippen molar-refractivity contribution in [2.24, 2.45) is 0 Å². The molecule has 4 nitrogen and oxygen atoms in total. The standard InChI is InChI=1S/C12H11FN2O2/c1-2-3-15-8(6-16)7-17-12-4-9(13)10(14)5-11(12)15/h1,4-6,8H,3,7,14H2. The average Bonchev–Trinajstić information content (AvgIpc) is 2.32. The molecule has 5 heteroatoms. The van der Waals surface area contributed by atoms with E-state index in [1.54, 1.807) is 4.90 Å². The van der Waals surface area contributed by atoms with Gasteiger partial charge in [0.05, 0.1) is 17.9 Å². The lowest BCUT2D eigenvalue weighted by Gasteiger charge is -2.34. The summed E-state index contributed by atoms with van der Waals surface area (Å²) in [6.07, 6.45) is 6.00. The number of hydrogen-bond donors (Lipinski definition) is 1. The highest BCUT2D eigenvalue weighted by Gasteiger charge is 2.27. The second kappa shape index (κ2) is 4.34. The van der Waals surface area contributed by atoms with E-state index < -0.39 is 11.9 Å². The molecule has 0 aromatic heterocycles. The Bertz CT molecular complexity index is 496. The van der Waals surface area contributed by atoms with Gasteiger partial charge in [-0.25, -0.2) is 4.39 Å². The summed E-state index contributed by atoms with van der Waals surface area (Å²) in [5, 5.41) is 0. The lowest BCUT2D eigenvalue weighted by molar-refractivity contribution is -0.109. The van der Waals surface area contributed by atoms with Gasteiger partial charge >= 0.3 is 0 Å². The predicted molar refractivity (Wildman–Crippen MR) is 62.3 cm³/mol. The third-order valence-electron chi connectivity index (χ3n) is 2.62. The number of benzene rings is 1. The molecule has 17 heavy (non-hydrogen) atoms. The van der Waals surface area contributed by atoms with Gasteiger partial charge in [0.1, 0.15) is 30.5 Å². The van der Waals surface area contributed by atoms with Crippen molar-refractivity contribution in [2.75, 3.05) is 23.8 Å². The minimum absolute atomic E-state index is 0.000852. The molecule has 0 saturated carbocycles. The number of rotatable bonds is 2. The van der Waals surface area contributed by atoms with E-state index in [0.717, 1.165) is 6.29 Å². The molecule has 0 fully saturated rings. The number of hydrogen-bond acceptors (Lipinski definition) is 4. The third-order valence-corrected chi connectivity index (χ3v) is 2.62. The Labute approximate surface area is 98.2 Å². The smallest absolute Gasteiger partial charge is 0.149 e. The van der Waals surface area contributed by atoms with Crippen molar-refractivity contribution in [3.05, 3.63) is 17.9 Å². The zero-order valence-electron chi connectivity index (χ0n) is 9.02. The molecule has 0 spiro atoms. The topological polar surface area (TPSA) is 55.6 Å². The minimum Gasteiger partial charge on any atom is -0.489 e. The van der Waals surface area contributed by atoms with Crippen LogP contribution >= 0.6 is 0 Å². The van der Waals surface area contributed by atoms with E-state index in [9.17, 15) is 9.18 Å². The van der Waals surface area contributed by atoms with Crippen LogP contribution in [-0.2, 0) is 4.79 Å². The fraction of sp³-hybridized carbons (Fsp3) is 0.250. The molecule has 1 aliphatic heterocycles. The number of carbonyl (C=O) groups excluding carboxylic acids is 1. The van der Waals surface area contributed by atoms with Gasteiger partial charge in [0.25, 0.3) is 0 Å². The normalized spacial score (nSPS) is 17.9. The van der Waals surface area contributed by atoms with Crippen molar-refractivity contribution in [3.8, 4) is 18.1 Å². The first-order valence-electron chi connectivity index (χ1n) is 5.04. The molecule has 0 amide bonds. The molecule has 1 unspecified atom stereocenters. The van der Waals surface area contributed by atoms with Crippen molar-refractivity contribution in [2.45, 2.75) is 6.04 Å². The summed E-state index contributed by atoms with van der Waals surface area (Å²) in [6.45, 7) is 0.395. The van der Waals surface area contributed by atoms with Gasteiger partial charge in [-0.2, -0.15) is 0 Å². The number of nitrogens with zero attached hydrogens (tertiary/aromatic N) is 1. The lowest BCUT2D eigenvalue weighted by Crippen LogP contribution is -2.44. The molecule has 1 aromatic rings. The van der Waals surface area contributed by atoms with Gasteiger partial charge in [0.2, 0.25) is 0 Å². The van der Waals surface area contributed by atoms with Crippen molar-refractivity contribution in [1.82, 2.24) is 0 Å². The van der Waals surface area contributed by atoms with Crippen molar-refractivity contribution in [3.63, 3.8) is 0 Å². The van der Waals surface area contributed by atoms with E-state index in [1.165, 1.54) is 12.1 Å². The first kappa shape index (κ1) is 11.3. The quantitative estimate of drug-likeness (QED) is 0.467. The van der Waals surface area contributed by atoms with Crippen LogP contribution in [0.25, 0.3) is 0 Å². The first-order valence-corrected chi connectivity index (χ1v) is 5.04. The van der Waals surface area contributed by atoms with Crippen LogP contribution in [0.5, 0.6) is 5.75 Å². The second-order valence-electron chi connectivity index (χ2n) is 3.69. The van der Waals surface area contributed by atoms with Crippen LogP contribution in [-0.4, -0.2) is 25.5 Å². The van der Waals surface area contributed by atoms with E-state index in [0.29, 0.717) is 11.4 Å². The number of ether oxygens (including phenoxy) is 1. The maximum atomic E-state index is 13.3. The number of nitrogen functional groups attached to an aromatic ring is 1. The number of nitrogens with two attached hydrogens (primary N) is 1. The number of halogens is 1. The second-order valence-corrected chi connectivity index (χ2v) is 3.69. The molecule has 0 bridgehead atoms. The van der Waals surface area contributed by atoms with Crippen molar-refractivity contribution in [1.29, 1.82) is 0 Å². The molecule has 2 N–H and O–H groups in total. The zero-order chi connectivity index (χ0) is 12.4. The minimum atomic E-state index is -0.547. The third kappa shape index (κ3) is 1.89. The van der Waals surface area contributed by atoms with Crippen LogP contribution in [0.15, 0.2) is 12.1 Å². The van der Waals surface area contributed by atoms with E-state index in [4.69, 9.17) is 16.9 Å². The van der Waals surface area contributed by atoms with E-state index in [2.05, 4.69) is 5.92 Å². The summed E-state index contributed by atoms with van der Waals surface area (Å²) in [7, 11) is 0. The molecular formula is C12H11FN2O2. The highest BCUT2D eigenvalue weighted by molar-refractivity contribution is 5.74. The Balaban J connectivity index is 2.48. The molecule has 1 aliphatic rings. The fourth-order valence-electron chi connectivity index (χ4n) is 1.76. The number of aldehydes is 1. The Morgan fingerprint density at radius 2 is 2.47 bits per heavy atom. The van der Waals surface area contributed by atoms with Crippen molar-refractivity contribution < 1.29 is 13.9 Å². The Morgan fingerprint density at radius 3 is 3.12 bits per heavy atom. The first-order chi connectivity index (χ1) is 8.17. The van der Waals surface area contributed by atoms with Gasteiger partial charge in [-0.05, 0) is 6.07 Å². The molecule has 88 valence electrons. The van der Waals surface area contributed by atoms with Gasteiger partial charge in [0.15, 0.2) is 0 Å². The Morgan fingerprint density at radius 1 is 1.71 bits per heavy atom. The number of fused-ring (bicyclic) bond motifs is 1. The van der Waals surface area contributed by atoms with Gasteiger partial charge in [-0.1, -0.05) is 5.92 Å². The fourth-order valence-corrected chi connectivity index (χ4v) is 1.76. The molecule has 1 heterocycles. The van der Waals surface area contributed by atoms with Crippen LogP contribution in [0.1, 0.15) is 0 Å². The predicted octanol–water partition coefficient (Wildman–Crippen LogP) is 0.807. The average molecular weight is 234 g/mol. The van der Waals surface area contributed by atoms with E-state index >= 15 is 0 Å². The molecule has 1 aromatic carbocycles. The van der Waals surface area contributed by atoms with Gasteiger partial charge in [0, 0.05) is 6.07 Å². The van der Waals surface area contributed by atoms with Crippen LogP contribution in [0, 0.1) is 18.2 Å². The molecule has 0 radical (unpaired) electrons. The lowest BCUT2D eigenvalue weighted by atomic mass is 10.1. The summed E-state index contributed by atoms with van der Waals surface area (Å²) in [6, 6.07) is 2.16. The summed E-state index contributed by atoms with van der Waals surface area (Å²) >= 11 is 0.